The molecule has 5 heteroatoms. The number of nitrogens with one attached hydrogen (secondary N) is 1. The molecule has 0 saturated heterocycles. The number of nitrogens with zero attached hydrogens (tertiary/aromatic N) is 1. The van der Waals surface area contributed by atoms with Gasteiger partial charge in [-0.05, 0) is 15.9 Å². The van der Waals surface area contributed by atoms with Gasteiger partial charge in [0.1, 0.15) is 11.1 Å². The van der Waals surface area contributed by atoms with Gasteiger partial charge in [0.25, 0.3) is 5.56 Å². The maximum absolute atomic E-state index is 11.0. The molecule has 13 heavy (non-hydrogen) atoms. The van der Waals surface area contributed by atoms with Crippen LogP contribution in [0.15, 0.2) is 15.6 Å². The first-order valence-corrected chi connectivity index (χ1v) is 4.34. The van der Waals surface area contributed by atoms with Gasteiger partial charge < -0.3 is 9.72 Å². The fourth-order valence-corrected chi connectivity index (χ4v) is 1.01. The number of halogens is 1. The summed E-state index contributed by atoms with van der Waals surface area (Å²) in [6.45, 7) is 0.353. The molecule has 0 aliphatic rings. The molecule has 1 aromatic rings. The van der Waals surface area contributed by atoms with E-state index in [9.17, 15) is 4.79 Å². The number of ether oxygens (including phenoxy) is 1. The molecule has 0 saturated carbocycles. The first-order chi connectivity index (χ1) is 6.25. The van der Waals surface area contributed by atoms with E-state index < -0.39 is 0 Å². The lowest BCUT2D eigenvalue weighted by molar-refractivity contribution is 0.311. The van der Waals surface area contributed by atoms with E-state index in [0.29, 0.717) is 13.0 Å². The Morgan fingerprint density at radius 2 is 2.54 bits per heavy atom. The molecule has 0 aromatic carbocycles. The van der Waals surface area contributed by atoms with Crippen LogP contribution in [-0.2, 0) is 0 Å². The number of terminal acetylenes is 1. The zero-order chi connectivity index (χ0) is 9.68. The van der Waals surface area contributed by atoms with Crippen LogP contribution >= 0.6 is 15.9 Å². The smallest absolute Gasteiger partial charge is 0.268 e. The Balaban J connectivity index is 2.73. The van der Waals surface area contributed by atoms with E-state index in [2.05, 4.69) is 31.8 Å². The predicted molar refractivity (Wildman–Crippen MR) is 51.5 cm³/mol. The van der Waals surface area contributed by atoms with Crippen molar-refractivity contribution in [2.24, 2.45) is 0 Å². The number of aromatic amines is 1. The highest BCUT2D eigenvalue weighted by atomic mass is 79.9. The Morgan fingerprint density at radius 3 is 3.23 bits per heavy atom. The van der Waals surface area contributed by atoms with E-state index in [1.54, 1.807) is 0 Å². The zero-order valence-electron chi connectivity index (χ0n) is 6.71. The lowest BCUT2D eigenvalue weighted by Crippen LogP contribution is -2.10. The van der Waals surface area contributed by atoms with Gasteiger partial charge in [-0.25, -0.2) is 4.98 Å². The van der Waals surface area contributed by atoms with Gasteiger partial charge in [0, 0.05) is 6.42 Å². The lowest BCUT2D eigenvalue weighted by atomic mass is 10.5. The summed E-state index contributed by atoms with van der Waals surface area (Å²) in [6, 6.07) is 0. The number of hydrogen-bond acceptors (Lipinski definition) is 3. The summed E-state index contributed by atoms with van der Waals surface area (Å²) in [5.74, 6) is 2.68. The predicted octanol–water partition coefficient (Wildman–Crippen LogP) is 0.935. The van der Waals surface area contributed by atoms with E-state index in [-0.39, 0.29) is 15.9 Å². The standard InChI is InChI=1S/C8H7BrN2O2/c1-2-3-4-13-8-6(9)7(12)10-5-11-8/h1,5H,3-4H2,(H,10,11,12). The molecular formula is C8H7BrN2O2. The molecule has 0 radical (unpaired) electrons. The van der Waals surface area contributed by atoms with E-state index in [4.69, 9.17) is 11.2 Å². The van der Waals surface area contributed by atoms with Crippen molar-refractivity contribution in [2.45, 2.75) is 6.42 Å². The highest BCUT2D eigenvalue weighted by Crippen LogP contribution is 2.15. The van der Waals surface area contributed by atoms with Gasteiger partial charge in [0.15, 0.2) is 0 Å². The third-order valence-corrected chi connectivity index (χ3v) is 1.95. The molecule has 0 unspecified atom stereocenters. The fourth-order valence-electron chi connectivity index (χ4n) is 0.674. The number of hydrogen-bond donors (Lipinski definition) is 1. The summed E-state index contributed by atoms with van der Waals surface area (Å²) in [6.07, 6.45) is 6.79. The third-order valence-electron chi connectivity index (χ3n) is 1.25. The molecule has 1 N–H and O–H groups in total. The first-order valence-electron chi connectivity index (χ1n) is 3.55. The molecule has 4 nitrogen and oxygen atoms in total. The van der Waals surface area contributed by atoms with Gasteiger partial charge in [0.2, 0.25) is 5.88 Å². The maximum Gasteiger partial charge on any atom is 0.268 e. The van der Waals surface area contributed by atoms with Crippen LogP contribution in [0.25, 0.3) is 0 Å². The van der Waals surface area contributed by atoms with Crippen molar-refractivity contribution in [1.82, 2.24) is 9.97 Å². The minimum absolute atomic E-state index is 0.263. The SMILES string of the molecule is C#CCCOc1nc[nH]c(=O)c1Br. The highest BCUT2D eigenvalue weighted by molar-refractivity contribution is 9.10. The molecule has 0 aliphatic heterocycles. The van der Waals surface area contributed by atoms with Crippen molar-refractivity contribution in [3.05, 3.63) is 21.2 Å². The monoisotopic (exact) mass is 242 g/mol. The van der Waals surface area contributed by atoms with Crippen LogP contribution in [-0.4, -0.2) is 16.6 Å². The van der Waals surface area contributed by atoms with Gasteiger partial charge in [-0.1, -0.05) is 0 Å². The van der Waals surface area contributed by atoms with Crippen LogP contribution in [0.3, 0.4) is 0 Å². The Morgan fingerprint density at radius 1 is 1.77 bits per heavy atom. The molecule has 0 spiro atoms. The van der Waals surface area contributed by atoms with Crippen LogP contribution in [0.5, 0.6) is 5.88 Å². The molecule has 0 amide bonds. The molecule has 1 rings (SSSR count). The first kappa shape index (κ1) is 9.81. The minimum atomic E-state index is -0.272. The maximum atomic E-state index is 11.0. The fraction of sp³-hybridized carbons (Fsp3) is 0.250. The summed E-state index contributed by atoms with van der Waals surface area (Å²) in [5.41, 5.74) is -0.272. The largest absolute Gasteiger partial charge is 0.476 e. The number of H-pyrrole nitrogens is 1. The molecule has 0 bridgehead atoms. The molecule has 68 valence electrons. The Bertz CT molecular complexity index is 380. The van der Waals surface area contributed by atoms with Crippen LogP contribution in [0, 0.1) is 12.3 Å². The van der Waals surface area contributed by atoms with Crippen molar-refractivity contribution >= 4 is 15.9 Å². The average Bonchev–Trinajstić information content (AvgIpc) is 2.13. The van der Waals surface area contributed by atoms with Crippen molar-refractivity contribution in [1.29, 1.82) is 0 Å². The molecular weight excluding hydrogens is 236 g/mol. The Labute approximate surface area is 83.5 Å². The summed E-state index contributed by atoms with van der Waals surface area (Å²) in [5, 5.41) is 0. The van der Waals surface area contributed by atoms with Gasteiger partial charge in [-0.2, -0.15) is 0 Å². The van der Waals surface area contributed by atoms with Crippen LogP contribution in [0.1, 0.15) is 6.42 Å². The van der Waals surface area contributed by atoms with Crippen LogP contribution in [0.4, 0.5) is 0 Å². The van der Waals surface area contributed by atoms with Gasteiger partial charge in [-0.15, -0.1) is 12.3 Å². The van der Waals surface area contributed by atoms with Gasteiger partial charge >= 0.3 is 0 Å². The molecule has 1 heterocycles. The molecule has 0 fully saturated rings. The Kier molecular flexibility index (Phi) is 3.53. The molecule has 0 aliphatic carbocycles. The topological polar surface area (TPSA) is 55.0 Å². The summed E-state index contributed by atoms with van der Waals surface area (Å²) in [7, 11) is 0. The van der Waals surface area contributed by atoms with Crippen molar-refractivity contribution in [3.63, 3.8) is 0 Å². The van der Waals surface area contributed by atoms with Crippen molar-refractivity contribution < 1.29 is 4.74 Å². The molecule has 0 atom stereocenters. The second-order valence-electron chi connectivity index (χ2n) is 2.15. The van der Waals surface area contributed by atoms with Crippen molar-refractivity contribution in [3.8, 4) is 18.2 Å². The van der Waals surface area contributed by atoms with E-state index in [0.717, 1.165) is 0 Å². The van der Waals surface area contributed by atoms with Crippen molar-refractivity contribution in [2.75, 3.05) is 6.61 Å². The second kappa shape index (κ2) is 4.67. The average molecular weight is 243 g/mol. The van der Waals surface area contributed by atoms with Gasteiger partial charge in [-0.3, -0.25) is 4.79 Å². The molecule has 1 aromatic heterocycles. The highest BCUT2D eigenvalue weighted by Gasteiger charge is 2.04. The third kappa shape index (κ3) is 2.60. The number of aromatic nitrogens is 2. The zero-order valence-corrected chi connectivity index (χ0v) is 8.30. The second-order valence-corrected chi connectivity index (χ2v) is 2.95. The summed E-state index contributed by atoms with van der Waals surface area (Å²) >= 11 is 3.05. The minimum Gasteiger partial charge on any atom is -0.476 e. The van der Waals surface area contributed by atoms with Crippen LogP contribution in [0.2, 0.25) is 0 Å². The number of rotatable bonds is 3. The quantitative estimate of drug-likeness (QED) is 0.634. The van der Waals surface area contributed by atoms with Gasteiger partial charge in [0.05, 0.1) is 6.33 Å². The lowest BCUT2D eigenvalue weighted by Gasteiger charge is -2.02. The van der Waals surface area contributed by atoms with E-state index in [1.807, 2.05) is 0 Å². The Hall–Kier alpha value is -1.28. The van der Waals surface area contributed by atoms with E-state index in [1.165, 1.54) is 6.33 Å². The normalized spacial score (nSPS) is 9.23. The van der Waals surface area contributed by atoms with Crippen LogP contribution < -0.4 is 10.3 Å². The summed E-state index contributed by atoms with van der Waals surface area (Å²) < 4.78 is 5.42. The van der Waals surface area contributed by atoms with E-state index >= 15 is 0 Å². The summed E-state index contributed by atoms with van der Waals surface area (Å²) in [4.78, 5) is 17.2.